The third kappa shape index (κ3) is 12.5. The topological polar surface area (TPSA) is 147 Å². The molecule has 3 fully saturated rings. The number of hydrogen-bond acceptors (Lipinski definition) is 11. The van der Waals surface area contributed by atoms with Crippen molar-refractivity contribution in [3.63, 3.8) is 0 Å². The van der Waals surface area contributed by atoms with E-state index in [1.165, 1.54) is 4.90 Å². The van der Waals surface area contributed by atoms with E-state index < -0.39 is 68.1 Å². The number of cyclic esters (lactones) is 1. The van der Waals surface area contributed by atoms with Gasteiger partial charge in [-0.2, -0.15) is 0 Å². The molecule has 1 amide bonds. The Bertz CT molecular complexity index is 1610. The van der Waals surface area contributed by atoms with E-state index in [0.29, 0.717) is 51.4 Å². The molecule has 1 aliphatic carbocycles. The maximum Gasteiger partial charge on any atom is 0.329 e. The number of hydrogen-bond donors (Lipinski definition) is 1. The third-order valence-electron chi connectivity index (χ3n) is 15.0. The molecule has 0 radical (unpaired) electrons. The zero-order valence-electron chi connectivity index (χ0n) is 40.8. The fourth-order valence-electron chi connectivity index (χ4n) is 10.1. The van der Waals surface area contributed by atoms with Crippen LogP contribution in [0.1, 0.15) is 139 Å². The Morgan fingerprint density at radius 3 is 2.18 bits per heavy atom. The molecule has 354 valence electrons. The quantitative estimate of drug-likeness (QED) is 0.108. The second-order valence-electron chi connectivity index (χ2n) is 20.9. The van der Waals surface area contributed by atoms with Crippen molar-refractivity contribution < 1.29 is 52.4 Å². The summed E-state index contributed by atoms with van der Waals surface area (Å²) in [6, 6.07) is -1.03. The third-order valence-corrected chi connectivity index (χ3v) is 19.5. The zero-order valence-corrected chi connectivity index (χ0v) is 41.8. The molecule has 4 rings (SSSR count). The predicted molar refractivity (Wildman–Crippen MR) is 243 cm³/mol. The maximum absolute atomic E-state index is 14.5. The van der Waals surface area contributed by atoms with Gasteiger partial charge in [0.15, 0.2) is 8.32 Å². The lowest BCUT2D eigenvalue weighted by molar-refractivity contribution is -0.302. The molecule has 2 saturated heterocycles. The van der Waals surface area contributed by atoms with Crippen LogP contribution in [0.5, 0.6) is 0 Å². The van der Waals surface area contributed by atoms with Crippen LogP contribution >= 0.6 is 0 Å². The van der Waals surface area contributed by atoms with Gasteiger partial charge >= 0.3 is 5.97 Å². The van der Waals surface area contributed by atoms with Gasteiger partial charge in [0.1, 0.15) is 24.0 Å². The minimum Gasteiger partial charge on any atom is -0.456 e. The van der Waals surface area contributed by atoms with Crippen LogP contribution in [-0.2, 0) is 47.3 Å². The lowest BCUT2D eigenvalue weighted by atomic mass is 9.82. The molecule has 4 aliphatic rings. The van der Waals surface area contributed by atoms with Crippen LogP contribution in [0, 0.1) is 29.6 Å². The summed E-state index contributed by atoms with van der Waals surface area (Å²) in [5.41, 5.74) is 1.97. The standard InChI is InChI=1S/C49H83NO11Si/c1-15-36-25-30(2)24-31(3)26-41(57-11)44-42(58-12)28-34(6)49(55,60-44)45(52)46(53)50-23-17-16-18-37(50)47(54)59-43(32(4)19-21-38(36)51)33(5)27-35-20-22-39(56-10)40(29-35)61-62(13,14)48(7,8)9/h25,27,31-32,34-37,39-44,55H,15-24,26,28-29H2,1-14H3. The first-order valence-electron chi connectivity index (χ1n) is 23.6. The first-order valence-corrected chi connectivity index (χ1v) is 26.5. The van der Waals surface area contributed by atoms with Crippen LogP contribution in [0.25, 0.3) is 0 Å². The number of ether oxygens (including phenoxy) is 5. The second-order valence-corrected chi connectivity index (χ2v) is 25.6. The van der Waals surface area contributed by atoms with Crippen LogP contribution in [-0.4, -0.2) is 118 Å². The van der Waals surface area contributed by atoms with Crippen LogP contribution in [0.3, 0.4) is 0 Å². The highest BCUT2D eigenvalue weighted by Crippen LogP contribution is 2.42. The predicted octanol–water partition coefficient (Wildman–Crippen LogP) is 8.53. The molecule has 0 spiro atoms. The number of methoxy groups -OCH3 is 3. The molecule has 1 N–H and O–H groups in total. The lowest BCUT2D eigenvalue weighted by Crippen LogP contribution is -2.64. The van der Waals surface area contributed by atoms with Crippen LogP contribution in [0.2, 0.25) is 18.1 Å². The summed E-state index contributed by atoms with van der Waals surface area (Å²) < 4.78 is 37.5. The van der Waals surface area contributed by atoms with E-state index in [-0.39, 0.29) is 59.7 Å². The summed E-state index contributed by atoms with van der Waals surface area (Å²) in [6.45, 7) is 23.3. The first kappa shape index (κ1) is 52.4. The van der Waals surface area contributed by atoms with Crippen molar-refractivity contribution in [1.82, 2.24) is 4.90 Å². The first-order chi connectivity index (χ1) is 29.0. The van der Waals surface area contributed by atoms with Gasteiger partial charge in [-0.15, -0.1) is 0 Å². The largest absolute Gasteiger partial charge is 0.456 e. The Kier molecular flexibility index (Phi) is 18.8. The number of rotatable bonds is 8. The van der Waals surface area contributed by atoms with E-state index in [4.69, 9.17) is 28.1 Å². The van der Waals surface area contributed by atoms with Crippen molar-refractivity contribution in [3.05, 3.63) is 23.3 Å². The summed E-state index contributed by atoms with van der Waals surface area (Å²) in [5.74, 6) is -6.02. The molecular formula is C49H83NO11Si. The molecule has 62 heavy (non-hydrogen) atoms. The Hall–Kier alpha value is -2.26. The molecule has 3 aliphatic heterocycles. The molecule has 13 unspecified atom stereocenters. The number of ketones is 2. The summed E-state index contributed by atoms with van der Waals surface area (Å²) in [6.07, 6.45) is 8.63. The molecule has 0 aromatic carbocycles. The van der Waals surface area contributed by atoms with Crippen molar-refractivity contribution >= 4 is 31.8 Å². The Morgan fingerprint density at radius 1 is 0.919 bits per heavy atom. The minimum absolute atomic E-state index is 0.00951. The van der Waals surface area contributed by atoms with Crippen molar-refractivity contribution in [2.24, 2.45) is 29.6 Å². The van der Waals surface area contributed by atoms with Crippen LogP contribution in [0.15, 0.2) is 23.3 Å². The van der Waals surface area contributed by atoms with Crippen LogP contribution in [0.4, 0.5) is 0 Å². The number of piperidine rings is 1. The number of carbonyl (C=O) groups is 4. The molecule has 0 aromatic heterocycles. The number of fused-ring (bicyclic) bond motifs is 3. The van der Waals surface area contributed by atoms with Gasteiger partial charge in [-0.25, -0.2) is 4.79 Å². The van der Waals surface area contributed by atoms with Gasteiger partial charge in [0, 0.05) is 46.1 Å². The summed E-state index contributed by atoms with van der Waals surface area (Å²) in [5, 5.41) is 12.2. The van der Waals surface area contributed by atoms with E-state index >= 15 is 0 Å². The van der Waals surface area contributed by atoms with E-state index in [2.05, 4.69) is 52.9 Å². The van der Waals surface area contributed by atoms with E-state index in [1.54, 1.807) is 28.3 Å². The lowest BCUT2D eigenvalue weighted by Gasteiger charge is -2.47. The van der Waals surface area contributed by atoms with Gasteiger partial charge in [-0.05, 0) is 126 Å². The average Bonchev–Trinajstić information content (AvgIpc) is 3.22. The normalized spacial score (nSPS) is 37.2. The number of carbonyl (C=O) groups excluding carboxylic acids is 4. The smallest absolute Gasteiger partial charge is 0.329 e. The molecule has 2 bridgehead atoms. The van der Waals surface area contributed by atoms with Crippen molar-refractivity contribution in [3.8, 4) is 0 Å². The molecule has 13 heteroatoms. The number of nitrogens with zero attached hydrogens (tertiary/aromatic N) is 1. The SMILES string of the molecule is CCC1C=C(C)CC(C)CC(OC)C2OC(O)(C(=O)C(=O)N3CCCCC3C(=O)OC(C(C)=CC3CCC(OC)C(O[Si](C)(C)C(C)(C)C)C3)C(C)CCC1=O)C(C)CC2OC. The monoisotopic (exact) mass is 890 g/mol. The molecule has 3 heterocycles. The number of esters is 1. The highest BCUT2D eigenvalue weighted by Gasteiger charge is 2.56. The fourth-order valence-corrected chi connectivity index (χ4v) is 11.4. The maximum atomic E-state index is 14.5. The Labute approximate surface area is 374 Å². The highest BCUT2D eigenvalue weighted by atomic mass is 28.4. The van der Waals surface area contributed by atoms with Crippen molar-refractivity contribution in [2.75, 3.05) is 27.9 Å². The Morgan fingerprint density at radius 2 is 1.56 bits per heavy atom. The molecule has 12 nitrogen and oxygen atoms in total. The molecule has 0 aromatic rings. The zero-order chi connectivity index (χ0) is 46.3. The average molecular weight is 890 g/mol. The van der Waals surface area contributed by atoms with Crippen molar-refractivity contribution in [2.45, 2.75) is 206 Å². The molecule has 1 saturated carbocycles. The van der Waals surface area contributed by atoms with Gasteiger partial charge in [-0.1, -0.05) is 66.2 Å². The van der Waals surface area contributed by atoms with E-state index in [0.717, 1.165) is 30.4 Å². The number of allylic oxidation sites excluding steroid dienone is 3. The van der Waals surface area contributed by atoms with Crippen molar-refractivity contribution in [1.29, 1.82) is 0 Å². The van der Waals surface area contributed by atoms with Gasteiger partial charge < -0.3 is 38.1 Å². The molecular weight excluding hydrogens is 807 g/mol. The fraction of sp³-hybridized carbons (Fsp3) is 0.837. The summed E-state index contributed by atoms with van der Waals surface area (Å²) in [4.78, 5) is 58.4. The van der Waals surface area contributed by atoms with Gasteiger partial charge in [-0.3, -0.25) is 14.4 Å². The van der Waals surface area contributed by atoms with E-state index in [1.807, 2.05) is 27.7 Å². The van der Waals surface area contributed by atoms with E-state index in [9.17, 15) is 24.3 Å². The summed E-state index contributed by atoms with van der Waals surface area (Å²) >= 11 is 0. The number of Topliss-reactive ketones (excluding diaryl/α,β-unsaturated/α-hetero) is 2. The highest BCUT2D eigenvalue weighted by molar-refractivity contribution is 6.74. The van der Waals surface area contributed by atoms with Gasteiger partial charge in [0.2, 0.25) is 5.79 Å². The number of amides is 1. The summed E-state index contributed by atoms with van der Waals surface area (Å²) in [7, 11) is 2.77. The minimum atomic E-state index is -2.46. The second kappa shape index (κ2) is 22.3. The molecule has 13 atom stereocenters. The van der Waals surface area contributed by atoms with Crippen LogP contribution < -0.4 is 0 Å². The van der Waals surface area contributed by atoms with Gasteiger partial charge in [0.05, 0.1) is 24.4 Å². The Balaban J connectivity index is 1.73. The number of aliphatic hydroxyl groups is 1. The van der Waals surface area contributed by atoms with Gasteiger partial charge in [0.25, 0.3) is 11.7 Å².